The van der Waals surface area contributed by atoms with Crippen molar-refractivity contribution in [3.8, 4) is 11.5 Å². The summed E-state index contributed by atoms with van der Waals surface area (Å²) in [4.78, 5) is 12.0. The average Bonchev–Trinajstić information content (AvgIpc) is 2.47. The van der Waals surface area contributed by atoms with Crippen LogP contribution in [0.15, 0.2) is 65.1 Å². The first-order valence-corrected chi connectivity index (χ1v) is 7.12. The number of ether oxygens (including phenoxy) is 1. The van der Waals surface area contributed by atoms with Crippen molar-refractivity contribution in [3.63, 3.8) is 0 Å². The Morgan fingerprint density at radius 1 is 0.905 bits per heavy atom. The maximum atomic E-state index is 12.0. The van der Waals surface area contributed by atoms with Crippen molar-refractivity contribution in [2.75, 3.05) is 0 Å². The number of esters is 1. The SMILES string of the molecule is O=C(Oc1ccc2ccc(O)cc2c1)c1ccc(Br)cc1. The van der Waals surface area contributed by atoms with E-state index in [2.05, 4.69) is 15.9 Å². The molecule has 3 rings (SSSR count). The van der Waals surface area contributed by atoms with Crippen molar-refractivity contribution >= 4 is 32.7 Å². The molecule has 0 amide bonds. The van der Waals surface area contributed by atoms with Gasteiger partial charge in [-0.3, -0.25) is 0 Å². The maximum Gasteiger partial charge on any atom is 0.343 e. The number of benzene rings is 3. The molecule has 3 aromatic carbocycles. The summed E-state index contributed by atoms with van der Waals surface area (Å²) in [5.41, 5.74) is 0.481. The molecule has 0 saturated carbocycles. The van der Waals surface area contributed by atoms with E-state index in [-0.39, 0.29) is 5.75 Å². The van der Waals surface area contributed by atoms with Gasteiger partial charge in [-0.2, -0.15) is 0 Å². The number of carbonyl (C=O) groups excluding carboxylic acids is 1. The van der Waals surface area contributed by atoms with E-state index in [4.69, 9.17) is 4.74 Å². The number of fused-ring (bicyclic) bond motifs is 1. The van der Waals surface area contributed by atoms with Crippen molar-refractivity contribution in [3.05, 3.63) is 70.7 Å². The van der Waals surface area contributed by atoms with Crippen LogP contribution in [0, 0.1) is 0 Å². The molecule has 1 N–H and O–H groups in total. The van der Waals surface area contributed by atoms with E-state index in [9.17, 15) is 9.90 Å². The molecule has 0 atom stereocenters. The Hall–Kier alpha value is -2.33. The molecule has 0 radical (unpaired) electrons. The van der Waals surface area contributed by atoms with E-state index < -0.39 is 5.97 Å². The number of aromatic hydroxyl groups is 1. The fraction of sp³-hybridized carbons (Fsp3) is 0. The lowest BCUT2D eigenvalue weighted by Gasteiger charge is -2.06. The Kier molecular flexibility index (Phi) is 3.62. The highest BCUT2D eigenvalue weighted by Gasteiger charge is 2.09. The molecular formula is C17H11BrO3. The minimum Gasteiger partial charge on any atom is -0.508 e. The third-order valence-electron chi connectivity index (χ3n) is 3.09. The molecule has 0 fully saturated rings. The van der Waals surface area contributed by atoms with Crippen molar-refractivity contribution in [2.45, 2.75) is 0 Å². The summed E-state index contributed by atoms with van der Waals surface area (Å²) in [5, 5.41) is 11.3. The Balaban J connectivity index is 1.87. The van der Waals surface area contributed by atoms with Gasteiger partial charge in [-0.25, -0.2) is 4.79 Å². The quantitative estimate of drug-likeness (QED) is 0.549. The van der Waals surface area contributed by atoms with Crippen LogP contribution < -0.4 is 4.74 Å². The van der Waals surface area contributed by atoms with Gasteiger partial charge >= 0.3 is 5.97 Å². The minimum absolute atomic E-state index is 0.180. The lowest BCUT2D eigenvalue weighted by Crippen LogP contribution is -2.08. The van der Waals surface area contributed by atoms with Crippen molar-refractivity contribution in [1.29, 1.82) is 0 Å². The average molecular weight is 343 g/mol. The monoisotopic (exact) mass is 342 g/mol. The number of phenolic OH excluding ortho intramolecular Hbond substituents is 1. The van der Waals surface area contributed by atoms with Crippen molar-refractivity contribution < 1.29 is 14.6 Å². The second-order valence-corrected chi connectivity index (χ2v) is 5.51. The molecule has 0 bridgehead atoms. The van der Waals surface area contributed by atoms with Crippen LogP contribution in [0.2, 0.25) is 0 Å². The highest BCUT2D eigenvalue weighted by Crippen LogP contribution is 2.25. The van der Waals surface area contributed by atoms with Gasteiger partial charge in [-0.05, 0) is 59.3 Å². The minimum atomic E-state index is -0.415. The molecule has 4 heteroatoms. The fourth-order valence-corrected chi connectivity index (χ4v) is 2.29. The molecule has 3 aromatic rings. The maximum absolute atomic E-state index is 12.0. The number of phenols is 1. The van der Waals surface area contributed by atoms with Gasteiger partial charge in [0.1, 0.15) is 11.5 Å². The zero-order valence-corrected chi connectivity index (χ0v) is 12.5. The van der Waals surface area contributed by atoms with E-state index in [1.165, 1.54) is 0 Å². The van der Waals surface area contributed by atoms with Gasteiger partial charge in [-0.1, -0.05) is 28.1 Å². The molecule has 104 valence electrons. The first-order chi connectivity index (χ1) is 10.1. The van der Waals surface area contributed by atoms with Crippen molar-refractivity contribution in [2.24, 2.45) is 0 Å². The van der Waals surface area contributed by atoms with E-state index in [0.29, 0.717) is 11.3 Å². The first-order valence-electron chi connectivity index (χ1n) is 6.32. The van der Waals surface area contributed by atoms with Crippen LogP contribution in [0.5, 0.6) is 11.5 Å². The van der Waals surface area contributed by atoms with Crippen LogP contribution in [0.1, 0.15) is 10.4 Å². The largest absolute Gasteiger partial charge is 0.508 e. The number of hydrogen-bond donors (Lipinski definition) is 1. The summed E-state index contributed by atoms with van der Waals surface area (Å²) in [6.45, 7) is 0. The van der Waals surface area contributed by atoms with Crippen LogP contribution in [0.3, 0.4) is 0 Å². The van der Waals surface area contributed by atoms with Gasteiger partial charge in [0, 0.05) is 4.47 Å². The number of hydrogen-bond acceptors (Lipinski definition) is 3. The summed E-state index contributed by atoms with van der Waals surface area (Å²) in [6, 6.07) is 17.3. The Morgan fingerprint density at radius 3 is 2.38 bits per heavy atom. The summed E-state index contributed by atoms with van der Waals surface area (Å²) < 4.78 is 6.26. The smallest absolute Gasteiger partial charge is 0.343 e. The summed E-state index contributed by atoms with van der Waals surface area (Å²) >= 11 is 3.32. The number of rotatable bonds is 2. The van der Waals surface area contributed by atoms with E-state index in [1.54, 1.807) is 48.5 Å². The second kappa shape index (κ2) is 5.58. The normalized spacial score (nSPS) is 10.5. The van der Waals surface area contributed by atoms with Crippen LogP contribution in [-0.4, -0.2) is 11.1 Å². The Bertz CT molecular complexity index is 810. The van der Waals surface area contributed by atoms with Crippen LogP contribution in [-0.2, 0) is 0 Å². The highest BCUT2D eigenvalue weighted by atomic mass is 79.9. The van der Waals surface area contributed by atoms with Crippen LogP contribution in [0.4, 0.5) is 0 Å². The van der Waals surface area contributed by atoms with Crippen LogP contribution in [0.25, 0.3) is 10.8 Å². The van der Waals surface area contributed by atoms with Gasteiger partial charge in [0.2, 0.25) is 0 Å². The molecule has 3 nitrogen and oxygen atoms in total. The molecule has 0 aliphatic heterocycles. The first kappa shape index (κ1) is 13.6. The van der Waals surface area contributed by atoms with Gasteiger partial charge in [0.25, 0.3) is 0 Å². The topological polar surface area (TPSA) is 46.5 Å². The van der Waals surface area contributed by atoms with E-state index in [0.717, 1.165) is 15.2 Å². The zero-order valence-electron chi connectivity index (χ0n) is 10.9. The third kappa shape index (κ3) is 3.06. The Labute approximate surface area is 129 Å². The summed E-state index contributed by atoms with van der Waals surface area (Å²) in [7, 11) is 0. The van der Waals surface area contributed by atoms with Gasteiger partial charge in [0.15, 0.2) is 0 Å². The van der Waals surface area contributed by atoms with Gasteiger partial charge in [0.05, 0.1) is 5.56 Å². The van der Waals surface area contributed by atoms with Crippen molar-refractivity contribution in [1.82, 2.24) is 0 Å². The van der Waals surface area contributed by atoms with E-state index in [1.807, 2.05) is 12.1 Å². The van der Waals surface area contributed by atoms with Gasteiger partial charge < -0.3 is 9.84 Å². The summed E-state index contributed by atoms with van der Waals surface area (Å²) in [5.74, 6) is 0.210. The lowest BCUT2D eigenvalue weighted by molar-refractivity contribution is 0.0735. The second-order valence-electron chi connectivity index (χ2n) is 4.59. The molecule has 0 saturated heterocycles. The summed E-state index contributed by atoms with van der Waals surface area (Å²) in [6.07, 6.45) is 0. The standard InChI is InChI=1S/C17H11BrO3/c18-14-5-1-12(2-6-14)17(20)21-16-8-4-11-3-7-15(19)9-13(11)10-16/h1-10,19H. The predicted molar refractivity (Wildman–Crippen MR) is 84.7 cm³/mol. The molecule has 0 aliphatic rings. The highest BCUT2D eigenvalue weighted by molar-refractivity contribution is 9.10. The Morgan fingerprint density at radius 2 is 1.62 bits per heavy atom. The zero-order chi connectivity index (χ0) is 14.8. The fourth-order valence-electron chi connectivity index (χ4n) is 2.03. The third-order valence-corrected chi connectivity index (χ3v) is 3.61. The predicted octanol–water partition coefficient (Wildman–Crippen LogP) is 4.53. The number of halogens is 1. The number of carbonyl (C=O) groups is 1. The molecule has 0 aliphatic carbocycles. The van der Waals surface area contributed by atoms with E-state index >= 15 is 0 Å². The molecule has 0 spiro atoms. The molecular weight excluding hydrogens is 332 g/mol. The lowest BCUT2D eigenvalue weighted by atomic mass is 10.1. The molecule has 21 heavy (non-hydrogen) atoms. The molecule has 0 unspecified atom stereocenters. The van der Waals surface area contributed by atoms with Gasteiger partial charge in [-0.15, -0.1) is 0 Å². The van der Waals surface area contributed by atoms with Crippen LogP contribution >= 0.6 is 15.9 Å². The molecule has 0 aromatic heterocycles. The molecule has 0 heterocycles.